The van der Waals surface area contributed by atoms with Crippen LogP contribution in [0, 0.1) is 6.92 Å². The first-order chi connectivity index (χ1) is 14.3. The summed E-state index contributed by atoms with van der Waals surface area (Å²) in [5, 5.41) is 0.406. The highest BCUT2D eigenvalue weighted by molar-refractivity contribution is 7.22. The van der Waals surface area contributed by atoms with Crippen molar-refractivity contribution >= 4 is 32.6 Å². The topological polar surface area (TPSA) is 46.1 Å². The molecule has 0 N–H and O–H groups in total. The van der Waals surface area contributed by atoms with Crippen LogP contribution >= 0.6 is 11.3 Å². The minimum Gasteiger partial charge on any atom is -0.278 e. The van der Waals surface area contributed by atoms with Gasteiger partial charge in [-0.1, -0.05) is 29.5 Å². The molecule has 2 heterocycles. The number of thiazole rings is 1. The molecule has 0 radical (unpaired) electrons. The third-order valence-corrected chi connectivity index (χ3v) is 5.53. The fraction of sp³-hybridized carbons (Fsp3) is 0.136. The van der Waals surface area contributed by atoms with Gasteiger partial charge in [-0.15, -0.1) is 0 Å². The molecule has 0 unspecified atom stereocenters. The van der Waals surface area contributed by atoms with E-state index in [1.165, 1.54) is 28.4 Å². The van der Waals surface area contributed by atoms with E-state index in [1.54, 1.807) is 24.4 Å². The molecule has 0 spiro atoms. The van der Waals surface area contributed by atoms with Crippen molar-refractivity contribution in [2.24, 2.45) is 0 Å². The summed E-state index contributed by atoms with van der Waals surface area (Å²) in [4.78, 5) is 23.4. The molecule has 0 atom stereocenters. The van der Waals surface area contributed by atoms with Gasteiger partial charge in [0.25, 0.3) is 5.91 Å². The van der Waals surface area contributed by atoms with Crippen LogP contribution in [0.1, 0.15) is 27.2 Å². The molecule has 0 fully saturated rings. The van der Waals surface area contributed by atoms with E-state index in [2.05, 4.69) is 9.97 Å². The predicted molar refractivity (Wildman–Crippen MR) is 111 cm³/mol. The first kappa shape index (κ1) is 20.0. The Kier molecular flexibility index (Phi) is 5.26. The van der Waals surface area contributed by atoms with Gasteiger partial charge in [0.1, 0.15) is 0 Å². The highest BCUT2D eigenvalue weighted by atomic mass is 32.1. The van der Waals surface area contributed by atoms with Crippen molar-refractivity contribution in [1.29, 1.82) is 0 Å². The number of hydrogen-bond donors (Lipinski definition) is 0. The molecule has 4 nitrogen and oxygen atoms in total. The number of amides is 1. The zero-order valence-corrected chi connectivity index (χ0v) is 16.7. The summed E-state index contributed by atoms with van der Waals surface area (Å²) in [6, 6.07) is 15.5. The van der Waals surface area contributed by atoms with Gasteiger partial charge < -0.3 is 0 Å². The highest BCUT2D eigenvalue weighted by Crippen LogP contribution is 2.33. The predicted octanol–water partition coefficient (Wildman–Crippen LogP) is 5.87. The van der Waals surface area contributed by atoms with Crippen LogP contribution in [0.5, 0.6) is 0 Å². The summed E-state index contributed by atoms with van der Waals surface area (Å²) in [5.41, 5.74) is 1.46. The molecule has 152 valence electrons. The van der Waals surface area contributed by atoms with Crippen molar-refractivity contribution in [2.75, 3.05) is 4.90 Å². The molecule has 0 saturated heterocycles. The lowest BCUT2D eigenvalue weighted by Crippen LogP contribution is -2.31. The lowest BCUT2D eigenvalue weighted by Gasteiger charge is -2.20. The summed E-state index contributed by atoms with van der Waals surface area (Å²) >= 11 is 1.32. The molecule has 30 heavy (non-hydrogen) atoms. The minimum absolute atomic E-state index is 0.0591. The van der Waals surface area contributed by atoms with Crippen LogP contribution in [0.3, 0.4) is 0 Å². The first-order valence-corrected chi connectivity index (χ1v) is 9.89. The molecular weight excluding hydrogens is 411 g/mol. The molecule has 0 aliphatic heterocycles. The van der Waals surface area contributed by atoms with Gasteiger partial charge in [0, 0.05) is 11.8 Å². The van der Waals surface area contributed by atoms with Crippen LogP contribution in [0.2, 0.25) is 0 Å². The number of carbonyl (C=O) groups is 1. The Hall–Kier alpha value is -3.26. The van der Waals surface area contributed by atoms with Crippen LogP contribution in [0.15, 0.2) is 66.9 Å². The average Bonchev–Trinajstić information content (AvgIpc) is 3.14. The number of rotatable bonds is 4. The number of carbonyl (C=O) groups excluding carboxylic acids is 1. The number of nitrogens with zero attached hydrogens (tertiary/aromatic N) is 3. The Morgan fingerprint density at radius 2 is 1.90 bits per heavy atom. The molecule has 0 aliphatic carbocycles. The largest absolute Gasteiger partial charge is 0.416 e. The van der Waals surface area contributed by atoms with Crippen molar-refractivity contribution < 1.29 is 18.0 Å². The fourth-order valence-corrected chi connectivity index (χ4v) is 4.06. The Morgan fingerprint density at radius 1 is 1.07 bits per heavy atom. The number of pyridine rings is 1. The summed E-state index contributed by atoms with van der Waals surface area (Å²) in [7, 11) is 0. The molecule has 2 aromatic heterocycles. The molecule has 0 aliphatic rings. The molecule has 4 rings (SSSR count). The molecule has 1 amide bonds. The number of fused-ring (bicyclic) bond motifs is 1. The molecule has 2 aromatic carbocycles. The van der Waals surface area contributed by atoms with Gasteiger partial charge in [0.15, 0.2) is 5.13 Å². The van der Waals surface area contributed by atoms with Gasteiger partial charge in [-0.25, -0.2) is 4.98 Å². The number of halogens is 3. The Balaban J connectivity index is 1.77. The third-order valence-electron chi connectivity index (χ3n) is 4.49. The maximum absolute atomic E-state index is 13.3. The quantitative estimate of drug-likeness (QED) is 0.409. The highest BCUT2D eigenvalue weighted by Gasteiger charge is 2.32. The lowest BCUT2D eigenvalue weighted by molar-refractivity contribution is -0.137. The van der Waals surface area contributed by atoms with E-state index in [-0.39, 0.29) is 12.1 Å². The van der Waals surface area contributed by atoms with E-state index >= 15 is 0 Å². The van der Waals surface area contributed by atoms with Crippen LogP contribution in [0.25, 0.3) is 10.2 Å². The Labute approximate surface area is 174 Å². The van der Waals surface area contributed by atoms with E-state index in [1.807, 2.05) is 25.1 Å². The van der Waals surface area contributed by atoms with Crippen LogP contribution < -0.4 is 4.90 Å². The van der Waals surface area contributed by atoms with Gasteiger partial charge in [-0.3, -0.25) is 14.7 Å². The number of alkyl halides is 3. The zero-order chi connectivity index (χ0) is 21.3. The van der Waals surface area contributed by atoms with Crippen molar-refractivity contribution in [3.8, 4) is 0 Å². The van der Waals surface area contributed by atoms with E-state index in [9.17, 15) is 18.0 Å². The standard InChI is InChI=1S/C22H16F3N3OS/c1-14-8-9-18-19(11-14)30-21(27-18)28(13-17-7-2-3-10-26-17)20(29)15-5-4-6-16(12-15)22(23,24)25/h2-12H,13H2,1H3. The van der Waals surface area contributed by atoms with Gasteiger partial charge in [-0.2, -0.15) is 13.2 Å². The number of benzene rings is 2. The molecule has 8 heteroatoms. The van der Waals surface area contributed by atoms with Crippen LogP contribution in [-0.2, 0) is 12.7 Å². The summed E-state index contributed by atoms with van der Waals surface area (Å²) in [6.45, 7) is 2.05. The molecule has 0 saturated carbocycles. The van der Waals surface area contributed by atoms with E-state index in [0.29, 0.717) is 10.8 Å². The van der Waals surface area contributed by atoms with E-state index in [4.69, 9.17) is 0 Å². The van der Waals surface area contributed by atoms with E-state index < -0.39 is 17.6 Å². The number of aromatic nitrogens is 2. The van der Waals surface area contributed by atoms with E-state index in [0.717, 1.165) is 27.9 Å². The monoisotopic (exact) mass is 427 g/mol. The lowest BCUT2D eigenvalue weighted by atomic mass is 10.1. The Morgan fingerprint density at radius 3 is 2.63 bits per heavy atom. The van der Waals surface area contributed by atoms with Crippen LogP contribution in [0.4, 0.5) is 18.3 Å². The second-order valence-electron chi connectivity index (χ2n) is 6.76. The smallest absolute Gasteiger partial charge is 0.278 e. The maximum atomic E-state index is 13.3. The molecule has 4 aromatic rings. The summed E-state index contributed by atoms with van der Waals surface area (Å²) in [6.07, 6.45) is -2.93. The normalized spacial score (nSPS) is 11.6. The van der Waals surface area contributed by atoms with Gasteiger partial charge in [0.2, 0.25) is 0 Å². The maximum Gasteiger partial charge on any atom is 0.416 e. The summed E-state index contributed by atoms with van der Waals surface area (Å²) in [5.74, 6) is -0.567. The number of hydrogen-bond acceptors (Lipinski definition) is 4. The van der Waals surface area contributed by atoms with Crippen LogP contribution in [-0.4, -0.2) is 15.9 Å². The molecule has 0 bridgehead atoms. The van der Waals surface area contributed by atoms with Gasteiger partial charge in [0.05, 0.1) is 28.0 Å². The minimum atomic E-state index is -4.53. The van der Waals surface area contributed by atoms with Gasteiger partial charge in [-0.05, 0) is 55.0 Å². The fourth-order valence-electron chi connectivity index (χ4n) is 3.00. The SMILES string of the molecule is Cc1ccc2nc(N(Cc3ccccn3)C(=O)c3cccc(C(F)(F)F)c3)sc2c1. The van der Waals surface area contributed by atoms with Gasteiger partial charge >= 0.3 is 6.18 Å². The first-order valence-electron chi connectivity index (χ1n) is 9.07. The second kappa shape index (κ2) is 7.87. The van der Waals surface area contributed by atoms with Crippen molar-refractivity contribution in [3.63, 3.8) is 0 Å². The zero-order valence-electron chi connectivity index (χ0n) is 15.8. The van der Waals surface area contributed by atoms with Crippen molar-refractivity contribution in [3.05, 3.63) is 89.2 Å². The Bertz CT molecular complexity index is 1210. The second-order valence-corrected chi connectivity index (χ2v) is 7.77. The third kappa shape index (κ3) is 4.18. The number of anilines is 1. The van der Waals surface area contributed by atoms with Crippen molar-refractivity contribution in [2.45, 2.75) is 19.6 Å². The molecular formula is C22H16F3N3OS. The average molecular weight is 427 g/mol. The van der Waals surface area contributed by atoms with Crippen molar-refractivity contribution in [1.82, 2.24) is 9.97 Å². The number of aryl methyl sites for hydroxylation is 1. The summed E-state index contributed by atoms with van der Waals surface area (Å²) < 4.78 is 40.3.